The number of aromatic nitrogens is 2. The lowest BCUT2D eigenvalue weighted by molar-refractivity contribution is 0.461. The molecule has 1 saturated carbocycles. The minimum absolute atomic E-state index is 0.375. The summed E-state index contributed by atoms with van der Waals surface area (Å²) in [6.45, 7) is 0.690. The third-order valence-electron chi connectivity index (χ3n) is 3.98. The van der Waals surface area contributed by atoms with Crippen molar-refractivity contribution in [2.45, 2.75) is 31.7 Å². The van der Waals surface area contributed by atoms with E-state index in [4.69, 9.17) is 5.73 Å². The van der Waals surface area contributed by atoms with Crippen LogP contribution in [0.25, 0.3) is 5.65 Å². The van der Waals surface area contributed by atoms with E-state index in [1.165, 1.54) is 25.7 Å². The van der Waals surface area contributed by atoms with Gasteiger partial charge in [0, 0.05) is 25.0 Å². The largest absolute Gasteiger partial charge is 0.367 e. The molecule has 4 heteroatoms. The lowest BCUT2D eigenvalue weighted by Gasteiger charge is -2.24. The number of rotatable bonds is 4. The molecule has 1 fully saturated rings. The third-order valence-corrected chi connectivity index (χ3v) is 3.98. The second kappa shape index (κ2) is 4.98. The molecule has 2 heterocycles. The van der Waals surface area contributed by atoms with Crippen molar-refractivity contribution < 1.29 is 0 Å². The number of nitrogens with two attached hydrogens (primary N) is 1. The molecule has 0 saturated heterocycles. The molecule has 1 aliphatic carbocycles. The highest BCUT2D eigenvalue weighted by Crippen LogP contribution is 2.29. The van der Waals surface area contributed by atoms with Crippen molar-refractivity contribution in [3.63, 3.8) is 0 Å². The first-order valence-electron chi connectivity index (χ1n) is 6.77. The Bertz CT molecular complexity index is 513. The van der Waals surface area contributed by atoms with Crippen LogP contribution in [0.3, 0.4) is 0 Å². The maximum Gasteiger partial charge on any atom is 0.138 e. The van der Waals surface area contributed by atoms with Gasteiger partial charge < -0.3 is 11.1 Å². The van der Waals surface area contributed by atoms with E-state index in [0.29, 0.717) is 18.5 Å². The Labute approximate surface area is 107 Å². The average Bonchev–Trinajstić information content (AvgIpc) is 3.06. The monoisotopic (exact) mass is 244 g/mol. The molecule has 0 amide bonds. The Morgan fingerprint density at radius 3 is 3.00 bits per heavy atom. The molecule has 2 aromatic rings. The summed E-state index contributed by atoms with van der Waals surface area (Å²) < 4.78 is 2.08. The molecular formula is C14H20N4. The second-order valence-electron chi connectivity index (χ2n) is 5.10. The normalized spacial score (nSPS) is 18.3. The molecule has 0 spiro atoms. The zero-order chi connectivity index (χ0) is 12.4. The predicted octanol–water partition coefficient (Wildman–Crippen LogP) is 2.26. The van der Waals surface area contributed by atoms with Crippen molar-refractivity contribution >= 4 is 11.5 Å². The van der Waals surface area contributed by atoms with E-state index in [1.807, 2.05) is 24.5 Å². The highest BCUT2D eigenvalue weighted by molar-refractivity contribution is 5.50. The summed E-state index contributed by atoms with van der Waals surface area (Å²) >= 11 is 0. The molecule has 1 aliphatic rings. The molecule has 0 aliphatic heterocycles. The Kier molecular flexibility index (Phi) is 3.19. The van der Waals surface area contributed by atoms with Gasteiger partial charge in [-0.2, -0.15) is 0 Å². The summed E-state index contributed by atoms with van der Waals surface area (Å²) in [5.74, 6) is 1.81. The van der Waals surface area contributed by atoms with E-state index in [2.05, 4.69) is 20.8 Å². The lowest BCUT2D eigenvalue weighted by Crippen LogP contribution is -2.35. The van der Waals surface area contributed by atoms with E-state index in [1.54, 1.807) is 0 Å². The Morgan fingerprint density at radius 1 is 1.39 bits per heavy atom. The summed E-state index contributed by atoms with van der Waals surface area (Å²) in [6.07, 6.45) is 9.10. The van der Waals surface area contributed by atoms with Crippen molar-refractivity contribution in [3.05, 3.63) is 30.6 Å². The number of nitrogens with zero attached hydrogens (tertiary/aromatic N) is 2. The van der Waals surface area contributed by atoms with Crippen LogP contribution in [0.4, 0.5) is 5.82 Å². The van der Waals surface area contributed by atoms with Crippen molar-refractivity contribution in [2.75, 3.05) is 11.9 Å². The summed E-state index contributed by atoms with van der Waals surface area (Å²) in [4.78, 5) is 4.30. The van der Waals surface area contributed by atoms with Crippen LogP contribution in [0.1, 0.15) is 25.7 Å². The minimum Gasteiger partial charge on any atom is -0.367 e. The first-order valence-corrected chi connectivity index (χ1v) is 6.77. The van der Waals surface area contributed by atoms with Crippen molar-refractivity contribution in [1.82, 2.24) is 9.38 Å². The number of hydrogen-bond acceptors (Lipinski definition) is 3. The zero-order valence-electron chi connectivity index (χ0n) is 10.5. The van der Waals surface area contributed by atoms with Gasteiger partial charge in [-0.3, -0.25) is 4.40 Å². The molecule has 0 bridgehead atoms. The Balaban J connectivity index is 1.83. The van der Waals surface area contributed by atoms with Crippen LogP contribution < -0.4 is 11.1 Å². The number of pyridine rings is 1. The van der Waals surface area contributed by atoms with Gasteiger partial charge in [-0.15, -0.1) is 0 Å². The molecule has 96 valence electrons. The molecular weight excluding hydrogens is 224 g/mol. The Hall–Kier alpha value is -1.55. The number of hydrogen-bond donors (Lipinski definition) is 2. The number of fused-ring (bicyclic) bond motifs is 1. The quantitative estimate of drug-likeness (QED) is 0.867. The van der Waals surface area contributed by atoms with Crippen LogP contribution in [-0.4, -0.2) is 22.0 Å². The highest BCUT2D eigenvalue weighted by atomic mass is 15.1. The smallest absolute Gasteiger partial charge is 0.138 e. The summed E-state index contributed by atoms with van der Waals surface area (Å²) in [7, 11) is 0. The summed E-state index contributed by atoms with van der Waals surface area (Å²) in [5, 5.41) is 3.60. The van der Waals surface area contributed by atoms with Gasteiger partial charge in [0.05, 0.1) is 0 Å². The standard InChI is InChI=1S/C14H20N4/c15-10-12(11-4-1-2-5-11)17-14-7-3-6-13-16-8-9-18(13)14/h3,6-9,11-12,17H,1-2,4-5,10,15H2. The number of nitrogens with one attached hydrogen (secondary N) is 1. The molecule has 2 aromatic heterocycles. The Morgan fingerprint density at radius 2 is 2.22 bits per heavy atom. The summed E-state index contributed by atoms with van der Waals surface area (Å²) in [6, 6.07) is 6.51. The van der Waals surface area contributed by atoms with E-state index in [9.17, 15) is 0 Å². The van der Waals surface area contributed by atoms with Crippen molar-refractivity contribution in [2.24, 2.45) is 11.7 Å². The van der Waals surface area contributed by atoms with E-state index in [-0.39, 0.29) is 0 Å². The molecule has 0 aromatic carbocycles. The first-order chi connectivity index (χ1) is 8.88. The SMILES string of the molecule is NCC(Nc1cccc2nccn12)C1CCCC1. The van der Waals surface area contributed by atoms with Crippen LogP contribution in [0, 0.1) is 5.92 Å². The van der Waals surface area contributed by atoms with Gasteiger partial charge in [-0.1, -0.05) is 18.9 Å². The van der Waals surface area contributed by atoms with Crippen LogP contribution in [0.15, 0.2) is 30.6 Å². The predicted molar refractivity (Wildman–Crippen MR) is 73.6 cm³/mol. The molecule has 3 N–H and O–H groups in total. The van der Waals surface area contributed by atoms with E-state index < -0.39 is 0 Å². The van der Waals surface area contributed by atoms with Crippen molar-refractivity contribution in [3.8, 4) is 0 Å². The van der Waals surface area contributed by atoms with Gasteiger partial charge in [-0.25, -0.2) is 4.98 Å². The molecule has 1 unspecified atom stereocenters. The number of anilines is 1. The van der Waals surface area contributed by atoms with Gasteiger partial charge in [0.15, 0.2) is 0 Å². The first kappa shape index (κ1) is 11.5. The lowest BCUT2D eigenvalue weighted by atomic mass is 9.98. The summed E-state index contributed by atoms with van der Waals surface area (Å²) in [5.41, 5.74) is 6.91. The van der Waals surface area contributed by atoms with Crippen LogP contribution >= 0.6 is 0 Å². The molecule has 4 nitrogen and oxygen atoms in total. The zero-order valence-corrected chi connectivity index (χ0v) is 10.5. The molecule has 1 atom stereocenters. The molecule has 0 radical (unpaired) electrons. The van der Waals surface area contributed by atoms with Gasteiger partial charge in [0.2, 0.25) is 0 Å². The maximum atomic E-state index is 5.93. The fourth-order valence-corrected chi connectivity index (χ4v) is 2.98. The van der Waals surface area contributed by atoms with Gasteiger partial charge >= 0.3 is 0 Å². The fraction of sp³-hybridized carbons (Fsp3) is 0.500. The van der Waals surface area contributed by atoms with E-state index >= 15 is 0 Å². The van der Waals surface area contributed by atoms with Crippen LogP contribution in [-0.2, 0) is 0 Å². The van der Waals surface area contributed by atoms with Gasteiger partial charge in [0.1, 0.15) is 11.5 Å². The third kappa shape index (κ3) is 2.08. The second-order valence-corrected chi connectivity index (χ2v) is 5.10. The number of imidazole rings is 1. The fourth-order valence-electron chi connectivity index (χ4n) is 2.98. The van der Waals surface area contributed by atoms with Crippen LogP contribution in [0.5, 0.6) is 0 Å². The average molecular weight is 244 g/mol. The van der Waals surface area contributed by atoms with Crippen LogP contribution in [0.2, 0.25) is 0 Å². The molecule has 18 heavy (non-hydrogen) atoms. The van der Waals surface area contributed by atoms with Gasteiger partial charge in [-0.05, 0) is 30.9 Å². The maximum absolute atomic E-state index is 5.93. The minimum atomic E-state index is 0.375. The van der Waals surface area contributed by atoms with Crippen molar-refractivity contribution in [1.29, 1.82) is 0 Å². The molecule has 3 rings (SSSR count). The van der Waals surface area contributed by atoms with Gasteiger partial charge in [0.25, 0.3) is 0 Å². The van der Waals surface area contributed by atoms with E-state index in [0.717, 1.165) is 11.5 Å². The topological polar surface area (TPSA) is 55.3 Å². The highest BCUT2D eigenvalue weighted by Gasteiger charge is 2.24.